The molecule has 0 bridgehead atoms. The predicted octanol–water partition coefficient (Wildman–Crippen LogP) is 2.61. The molecule has 4 atom stereocenters. The van der Waals surface area contributed by atoms with Gasteiger partial charge < -0.3 is 5.32 Å². The molecule has 0 heterocycles. The minimum Gasteiger partial charge on any atom is -0.316 e. The van der Waals surface area contributed by atoms with Gasteiger partial charge in [-0.2, -0.15) is 0 Å². The maximum absolute atomic E-state index is 12.6. The highest BCUT2D eigenvalue weighted by Gasteiger charge is 2.40. The Hall–Kier alpha value is -0.0900. The van der Waals surface area contributed by atoms with Gasteiger partial charge in [0.25, 0.3) is 0 Å². The molecule has 1 aliphatic rings. The Kier molecular flexibility index (Phi) is 5.66. The van der Waals surface area contributed by atoms with Gasteiger partial charge >= 0.3 is 0 Å². The maximum Gasteiger partial charge on any atom is 0.157 e. The zero-order chi connectivity index (χ0) is 13.9. The van der Waals surface area contributed by atoms with Crippen molar-refractivity contribution in [2.24, 2.45) is 11.8 Å². The molecule has 0 spiro atoms. The van der Waals surface area contributed by atoms with Crippen LogP contribution in [0.2, 0.25) is 0 Å². The summed E-state index contributed by atoms with van der Waals surface area (Å²) in [6.45, 7) is 8.22. The fourth-order valence-electron chi connectivity index (χ4n) is 2.99. The summed E-state index contributed by atoms with van der Waals surface area (Å²) in [5.74, 6) is 1.14. The molecular weight excluding hydrogens is 246 g/mol. The molecule has 0 aromatic rings. The van der Waals surface area contributed by atoms with E-state index >= 15 is 0 Å². The van der Waals surface area contributed by atoms with Gasteiger partial charge in [0.1, 0.15) is 0 Å². The molecule has 0 aromatic heterocycles. The first-order valence-corrected chi connectivity index (χ1v) is 8.85. The third-order valence-corrected chi connectivity index (χ3v) is 7.52. The summed E-state index contributed by atoms with van der Waals surface area (Å²) in [5, 5.41) is 2.81. The van der Waals surface area contributed by atoms with Gasteiger partial charge in [-0.3, -0.25) is 0 Å². The molecule has 1 N–H and O–H groups in total. The van der Waals surface area contributed by atoms with Crippen LogP contribution in [0.25, 0.3) is 0 Å². The summed E-state index contributed by atoms with van der Waals surface area (Å²) in [6.07, 6.45) is 3.67. The van der Waals surface area contributed by atoms with Gasteiger partial charge in [0.15, 0.2) is 9.84 Å². The van der Waals surface area contributed by atoms with Gasteiger partial charge in [0.05, 0.1) is 10.5 Å². The van der Waals surface area contributed by atoms with Crippen LogP contribution in [-0.4, -0.2) is 32.0 Å². The predicted molar refractivity (Wildman–Crippen MR) is 77.5 cm³/mol. The third-order valence-electron chi connectivity index (χ3n) is 4.70. The number of nitrogens with one attached hydrogen (secondary N) is 1. The number of rotatable bonds is 5. The molecule has 4 heteroatoms. The second-order valence-corrected chi connectivity index (χ2v) is 8.65. The van der Waals surface area contributed by atoms with Crippen LogP contribution in [0.4, 0.5) is 0 Å². The van der Waals surface area contributed by atoms with Crippen LogP contribution in [0, 0.1) is 11.8 Å². The highest BCUT2D eigenvalue weighted by Crippen LogP contribution is 2.35. The van der Waals surface area contributed by atoms with E-state index in [1.54, 1.807) is 0 Å². The first-order valence-electron chi connectivity index (χ1n) is 7.24. The summed E-state index contributed by atoms with van der Waals surface area (Å²) >= 11 is 0. The van der Waals surface area contributed by atoms with Crippen molar-refractivity contribution in [3.63, 3.8) is 0 Å². The van der Waals surface area contributed by atoms with E-state index in [-0.39, 0.29) is 16.5 Å². The summed E-state index contributed by atoms with van der Waals surface area (Å²) in [4.78, 5) is 0. The smallest absolute Gasteiger partial charge is 0.157 e. The van der Waals surface area contributed by atoms with Crippen LogP contribution in [0.15, 0.2) is 0 Å². The Balaban J connectivity index is 2.93. The highest BCUT2D eigenvalue weighted by atomic mass is 32.2. The minimum absolute atomic E-state index is 0.138. The van der Waals surface area contributed by atoms with E-state index in [1.807, 2.05) is 20.9 Å². The molecule has 3 nitrogen and oxygen atoms in total. The molecule has 1 saturated carbocycles. The molecule has 1 aliphatic carbocycles. The Morgan fingerprint density at radius 2 is 1.83 bits per heavy atom. The first kappa shape index (κ1) is 16.0. The van der Waals surface area contributed by atoms with Crippen LogP contribution < -0.4 is 5.32 Å². The summed E-state index contributed by atoms with van der Waals surface area (Å²) < 4.78 is 25.2. The molecule has 4 unspecified atom stereocenters. The van der Waals surface area contributed by atoms with Crippen molar-refractivity contribution in [1.29, 1.82) is 0 Å². The molecule has 108 valence electrons. The van der Waals surface area contributed by atoms with Crippen molar-refractivity contribution in [3.05, 3.63) is 0 Å². The Bertz CT molecular complexity index is 351. The molecule has 1 rings (SSSR count). The van der Waals surface area contributed by atoms with E-state index in [4.69, 9.17) is 0 Å². The quantitative estimate of drug-likeness (QED) is 0.839. The average molecular weight is 275 g/mol. The van der Waals surface area contributed by atoms with Gasteiger partial charge in [-0.05, 0) is 51.5 Å². The van der Waals surface area contributed by atoms with E-state index < -0.39 is 9.84 Å². The van der Waals surface area contributed by atoms with Crippen molar-refractivity contribution in [2.45, 2.75) is 69.9 Å². The minimum atomic E-state index is -3.00. The number of hydrogen-bond donors (Lipinski definition) is 1. The van der Waals surface area contributed by atoms with E-state index in [9.17, 15) is 8.42 Å². The van der Waals surface area contributed by atoms with Gasteiger partial charge in [-0.1, -0.05) is 20.8 Å². The third kappa shape index (κ3) is 3.27. The van der Waals surface area contributed by atoms with E-state index in [0.29, 0.717) is 18.3 Å². The average Bonchev–Trinajstić information content (AvgIpc) is 2.36. The van der Waals surface area contributed by atoms with E-state index in [0.717, 1.165) is 19.3 Å². The SMILES string of the molecule is CCC(C)S(=O)(=O)C1CC(C(C)C)CCC1NC. The molecule has 0 amide bonds. The fourth-order valence-corrected chi connectivity index (χ4v) is 5.30. The first-order chi connectivity index (χ1) is 8.34. The van der Waals surface area contributed by atoms with Crippen LogP contribution in [-0.2, 0) is 9.84 Å². The zero-order valence-corrected chi connectivity index (χ0v) is 13.3. The number of hydrogen-bond acceptors (Lipinski definition) is 3. The lowest BCUT2D eigenvalue weighted by Crippen LogP contribution is -2.49. The highest BCUT2D eigenvalue weighted by molar-refractivity contribution is 7.92. The standard InChI is InChI=1S/C14H29NO2S/c1-6-11(4)18(16,17)14-9-12(10(2)3)7-8-13(14)15-5/h10-15H,6-9H2,1-5H3. The Morgan fingerprint density at radius 1 is 1.22 bits per heavy atom. The molecule has 0 aliphatic heterocycles. The second kappa shape index (κ2) is 6.38. The molecule has 0 radical (unpaired) electrons. The second-order valence-electron chi connectivity index (χ2n) is 6.06. The van der Waals surface area contributed by atoms with Crippen LogP contribution in [0.5, 0.6) is 0 Å². The lowest BCUT2D eigenvalue weighted by molar-refractivity contribution is 0.245. The van der Waals surface area contributed by atoms with Gasteiger partial charge in [0, 0.05) is 6.04 Å². The van der Waals surface area contributed by atoms with Crippen molar-refractivity contribution in [1.82, 2.24) is 5.32 Å². The van der Waals surface area contributed by atoms with Crippen molar-refractivity contribution >= 4 is 9.84 Å². The molecule has 1 fully saturated rings. The van der Waals surface area contributed by atoms with Crippen molar-refractivity contribution < 1.29 is 8.42 Å². The molecule has 0 aromatic carbocycles. The van der Waals surface area contributed by atoms with Crippen molar-refractivity contribution in [3.8, 4) is 0 Å². The number of sulfone groups is 1. The summed E-state index contributed by atoms with van der Waals surface area (Å²) in [6, 6.07) is 0.138. The van der Waals surface area contributed by atoms with Gasteiger partial charge in [-0.15, -0.1) is 0 Å². The lowest BCUT2D eigenvalue weighted by atomic mass is 9.79. The van der Waals surface area contributed by atoms with E-state index in [2.05, 4.69) is 19.2 Å². The van der Waals surface area contributed by atoms with E-state index in [1.165, 1.54) is 0 Å². The Labute approximate surface area is 113 Å². The lowest BCUT2D eigenvalue weighted by Gasteiger charge is -2.38. The normalized spacial score (nSPS) is 31.6. The van der Waals surface area contributed by atoms with Gasteiger partial charge in [-0.25, -0.2) is 8.42 Å². The largest absolute Gasteiger partial charge is 0.316 e. The fraction of sp³-hybridized carbons (Fsp3) is 1.00. The monoisotopic (exact) mass is 275 g/mol. The molecule has 18 heavy (non-hydrogen) atoms. The van der Waals surface area contributed by atoms with Crippen molar-refractivity contribution in [2.75, 3.05) is 7.05 Å². The van der Waals surface area contributed by atoms with Gasteiger partial charge in [0.2, 0.25) is 0 Å². The molecule has 0 saturated heterocycles. The Morgan fingerprint density at radius 3 is 2.28 bits per heavy atom. The molecular formula is C14H29NO2S. The topological polar surface area (TPSA) is 46.2 Å². The summed E-state index contributed by atoms with van der Waals surface area (Å²) in [7, 11) is -1.11. The van der Waals surface area contributed by atoms with Crippen LogP contribution in [0.1, 0.15) is 53.4 Å². The zero-order valence-electron chi connectivity index (χ0n) is 12.4. The van der Waals surface area contributed by atoms with Crippen LogP contribution >= 0.6 is 0 Å². The maximum atomic E-state index is 12.6. The van der Waals surface area contributed by atoms with Crippen LogP contribution in [0.3, 0.4) is 0 Å². The summed E-state index contributed by atoms with van der Waals surface area (Å²) in [5.41, 5.74) is 0.